The number of benzene rings is 1. The summed E-state index contributed by atoms with van der Waals surface area (Å²) in [5, 5.41) is 7.98. The number of hydrogen-bond acceptors (Lipinski definition) is 4. The summed E-state index contributed by atoms with van der Waals surface area (Å²) in [6, 6.07) is 6.98. The van der Waals surface area contributed by atoms with Gasteiger partial charge in [-0.05, 0) is 25.3 Å². The van der Waals surface area contributed by atoms with E-state index in [1.165, 1.54) is 4.68 Å². The number of unbranched alkanes of at least 4 members (excludes halogenated alkanes) is 2. The van der Waals surface area contributed by atoms with Crippen LogP contribution in [-0.2, 0) is 11.3 Å². The Hall–Kier alpha value is -2.70. The maximum atomic E-state index is 12.7. The molecule has 1 aromatic heterocycles. The summed E-state index contributed by atoms with van der Waals surface area (Å²) in [6.45, 7) is 4.01. The zero-order valence-corrected chi connectivity index (χ0v) is 15.7. The van der Waals surface area contributed by atoms with Crippen LogP contribution in [-0.4, -0.2) is 46.1 Å². The Balaban J connectivity index is 1.83. The topological polar surface area (TPSA) is 84.3 Å². The summed E-state index contributed by atoms with van der Waals surface area (Å²) in [5.41, 5.74) is 0.00214. The Labute approximate surface area is 158 Å². The summed E-state index contributed by atoms with van der Waals surface area (Å²) in [5.74, 6) is -0.510. The Bertz CT molecular complexity index is 884. The average molecular weight is 370 g/mol. The molecule has 0 radical (unpaired) electrons. The van der Waals surface area contributed by atoms with Crippen molar-refractivity contribution >= 4 is 22.6 Å². The maximum Gasteiger partial charge on any atom is 0.274 e. The van der Waals surface area contributed by atoms with E-state index in [1.54, 1.807) is 29.2 Å². The van der Waals surface area contributed by atoms with Crippen LogP contribution < -0.4 is 10.9 Å². The number of nitrogens with one attached hydrogen (secondary N) is 1. The number of carbonyl (C=O) groups excluding carboxylic acids is 2. The van der Waals surface area contributed by atoms with Gasteiger partial charge in [0.25, 0.3) is 11.5 Å². The Morgan fingerprint density at radius 1 is 1.11 bits per heavy atom. The molecule has 0 atom stereocenters. The first-order valence-corrected chi connectivity index (χ1v) is 9.67. The molecule has 144 valence electrons. The number of likely N-dealkylation sites (tertiary alicyclic amines) is 1. The maximum absolute atomic E-state index is 12.7. The fraction of sp³-hybridized carbons (Fsp3) is 0.500. The third-order valence-corrected chi connectivity index (χ3v) is 4.92. The summed E-state index contributed by atoms with van der Waals surface area (Å²) in [7, 11) is 0. The van der Waals surface area contributed by atoms with Gasteiger partial charge in [-0.15, -0.1) is 0 Å². The van der Waals surface area contributed by atoms with Crippen LogP contribution in [0.25, 0.3) is 10.8 Å². The molecule has 2 heterocycles. The molecule has 1 N–H and O–H groups in total. The first kappa shape index (κ1) is 19.1. The van der Waals surface area contributed by atoms with Crippen molar-refractivity contribution < 1.29 is 9.59 Å². The zero-order chi connectivity index (χ0) is 19.2. The Kier molecular flexibility index (Phi) is 6.21. The van der Waals surface area contributed by atoms with Crippen LogP contribution in [0.4, 0.5) is 0 Å². The fourth-order valence-corrected chi connectivity index (χ4v) is 3.38. The molecule has 1 aliphatic rings. The minimum atomic E-state index is -0.428. The molecule has 2 amide bonds. The van der Waals surface area contributed by atoms with Gasteiger partial charge in [0.05, 0.1) is 11.9 Å². The highest BCUT2D eigenvalue weighted by Gasteiger charge is 2.20. The van der Waals surface area contributed by atoms with E-state index >= 15 is 0 Å². The number of aromatic nitrogens is 2. The molecule has 0 aliphatic carbocycles. The van der Waals surface area contributed by atoms with Gasteiger partial charge in [0.1, 0.15) is 0 Å². The van der Waals surface area contributed by atoms with Crippen LogP contribution in [0.5, 0.6) is 0 Å². The second-order valence-electron chi connectivity index (χ2n) is 6.90. The number of fused-ring (bicyclic) bond motifs is 1. The van der Waals surface area contributed by atoms with E-state index in [4.69, 9.17) is 0 Å². The van der Waals surface area contributed by atoms with Gasteiger partial charge in [-0.2, -0.15) is 5.10 Å². The minimum absolute atomic E-state index is 0.0518. The SMILES string of the molecule is CCCCCn1nc(C(=O)NCC(=O)N2CCCC2)c2ccccc2c1=O. The second kappa shape index (κ2) is 8.79. The van der Waals surface area contributed by atoms with Crippen molar-refractivity contribution in [2.75, 3.05) is 19.6 Å². The van der Waals surface area contributed by atoms with Crippen LogP contribution in [0.3, 0.4) is 0 Å². The standard InChI is InChI=1S/C20H26N4O3/c1-2-3-6-13-24-20(27)16-10-5-4-9-15(16)18(22-24)19(26)21-14-17(25)23-11-7-8-12-23/h4-5,9-10H,2-3,6-8,11-14H2,1H3,(H,21,26). The third kappa shape index (κ3) is 4.35. The highest BCUT2D eigenvalue weighted by Crippen LogP contribution is 2.14. The number of hydrogen-bond donors (Lipinski definition) is 1. The Morgan fingerprint density at radius 3 is 2.52 bits per heavy atom. The lowest BCUT2D eigenvalue weighted by molar-refractivity contribution is -0.129. The van der Waals surface area contributed by atoms with Gasteiger partial charge in [-0.3, -0.25) is 14.4 Å². The van der Waals surface area contributed by atoms with Crippen LogP contribution >= 0.6 is 0 Å². The molecule has 27 heavy (non-hydrogen) atoms. The lowest BCUT2D eigenvalue weighted by Crippen LogP contribution is -2.39. The van der Waals surface area contributed by atoms with Crippen LogP contribution in [0.1, 0.15) is 49.5 Å². The van der Waals surface area contributed by atoms with Crippen molar-refractivity contribution in [1.29, 1.82) is 0 Å². The lowest BCUT2D eigenvalue weighted by Gasteiger charge is -2.16. The molecule has 7 heteroatoms. The molecule has 7 nitrogen and oxygen atoms in total. The molecule has 1 aromatic carbocycles. The molecule has 0 unspecified atom stereocenters. The fourth-order valence-electron chi connectivity index (χ4n) is 3.38. The number of amides is 2. The smallest absolute Gasteiger partial charge is 0.274 e. The van der Waals surface area contributed by atoms with Crippen molar-refractivity contribution in [2.45, 2.75) is 45.6 Å². The van der Waals surface area contributed by atoms with Gasteiger partial charge in [-0.1, -0.05) is 38.0 Å². The molecule has 0 bridgehead atoms. The van der Waals surface area contributed by atoms with Crippen LogP contribution in [0.2, 0.25) is 0 Å². The van der Waals surface area contributed by atoms with Crippen molar-refractivity contribution in [3.8, 4) is 0 Å². The Morgan fingerprint density at radius 2 is 1.81 bits per heavy atom. The number of aryl methyl sites for hydroxylation is 1. The molecule has 2 aromatic rings. The van der Waals surface area contributed by atoms with E-state index in [2.05, 4.69) is 17.3 Å². The molecule has 1 aliphatic heterocycles. The van der Waals surface area contributed by atoms with E-state index in [9.17, 15) is 14.4 Å². The van der Waals surface area contributed by atoms with Crippen molar-refractivity contribution in [3.05, 3.63) is 40.3 Å². The van der Waals surface area contributed by atoms with E-state index < -0.39 is 5.91 Å². The van der Waals surface area contributed by atoms with Crippen LogP contribution in [0.15, 0.2) is 29.1 Å². The largest absolute Gasteiger partial charge is 0.342 e. The van der Waals surface area contributed by atoms with E-state index in [-0.39, 0.29) is 23.7 Å². The first-order chi connectivity index (χ1) is 13.1. The van der Waals surface area contributed by atoms with E-state index in [0.717, 1.165) is 45.2 Å². The van der Waals surface area contributed by atoms with E-state index in [1.807, 2.05) is 0 Å². The van der Waals surface area contributed by atoms with Crippen LogP contribution in [0, 0.1) is 0 Å². The van der Waals surface area contributed by atoms with E-state index in [0.29, 0.717) is 17.3 Å². The predicted octanol–water partition coefficient (Wildman–Crippen LogP) is 1.94. The molecular formula is C20H26N4O3. The van der Waals surface area contributed by atoms with Crippen molar-refractivity contribution in [3.63, 3.8) is 0 Å². The van der Waals surface area contributed by atoms with Gasteiger partial charge >= 0.3 is 0 Å². The minimum Gasteiger partial charge on any atom is -0.342 e. The van der Waals surface area contributed by atoms with Gasteiger partial charge in [0.15, 0.2) is 5.69 Å². The molecule has 1 saturated heterocycles. The summed E-state index contributed by atoms with van der Waals surface area (Å²) >= 11 is 0. The van der Waals surface area contributed by atoms with Gasteiger partial charge in [0, 0.05) is 25.0 Å². The van der Waals surface area contributed by atoms with Gasteiger partial charge < -0.3 is 10.2 Å². The normalized spacial score (nSPS) is 13.9. The highest BCUT2D eigenvalue weighted by molar-refractivity contribution is 6.05. The van der Waals surface area contributed by atoms with Gasteiger partial charge in [0.2, 0.25) is 5.91 Å². The number of carbonyl (C=O) groups is 2. The molecule has 3 rings (SSSR count). The quantitative estimate of drug-likeness (QED) is 0.755. The third-order valence-electron chi connectivity index (χ3n) is 4.92. The number of rotatable bonds is 7. The average Bonchev–Trinajstić information content (AvgIpc) is 3.23. The highest BCUT2D eigenvalue weighted by atomic mass is 16.2. The summed E-state index contributed by atoms with van der Waals surface area (Å²) < 4.78 is 1.37. The summed E-state index contributed by atoms with van der Waals surface area (Å²) in [6.07, 6.45) is 4.88. The molecule has 0 spiro atoms. The van der Waals surface area contributed by atoms with Crippen molar-refractivity contribution in [2.24, 2.45) is 0 Å². The predicted molar refractivity (Wildman–Crippen MR) is 104 cm³/mol. The monoisotopic (exact) mass is 370 g/mol. The van der Waals surface area contributed by atoms with Gasteiger partial charge in [-0.25, -0.2) is 4.68 Å². The lowest BCUT2D eigenvalue weighted by atomic mass is 10.1. The second-order valence-corrected chi connectivity index (χ2v) is 6.90. The summed E-state index contributed by atoms with van der Waals surface area (Å²) in [4.78, 5) is 39.3. The van der Waals surface area contributed by atoms with Crippen molar-refractivity contribution in [1.82, 2.24) is 20.0 Å². The zero-order valence-electron chi connectivity index (χ0n) is 15.7. The first-order valence-electron chi connectivity index (χ1n) is 9.67. The molecular weight excluding hydrogens is 344 g/mol. The number of nitrogens with zero attached hydrogens (tertiary/aromatic N) is 3. The molecule has 1 fully saturated rings. The molecule has 0 saturated carbocycles.